The largest absolute Gasteiger partial charge is 0.491 e. The van der Waals surface area contributed by atoms with Crippen molar-refractivity contribution in [3.63, 3.8) is 0 Å². The van der Waals surface area contributed by atoms with Crippen molar-refractivity contribution < 1.29 is 4.74 Å². The van der Waals surface area contributed by atoms with Crippen molar-refractivity contribution in [1.82, 2.24) is 9.55 Å². The monoisotopic (exact) mass is 454 g/mol. The third-order valence-corrected chi connectivity index (χ3v) is 7.53. The molecule has 5 rings (SSSR count). The maximum absolute atomic E-state index is 13.5. The first-order valence-electron chi connectivity index (χ1n) is 9.85. The molecule has 4 nitrogen and oxygen atoms in total. The number of para-hydroxylation sites is 2. The number of hydrogen-bond acceptors (Lipinski definition) is 5. The predicted octanol–water partition coefficient (Wildman–Crippen LogP) is 5.76. The quantitative estimate of drug-likeness (QED) is 0.211. The SMILES string of the molecule is O=c1c2c3c(sc2nc(SCCOc2ccccc2Cl)n1-c1ccccc1)CCC3. The van der Waals surface area contributed by atoms with E-state index in [0.29, 0.717) is 28.3 Å². The van der Waals surface area contributed by atoms with Gasteiger partial charge in [-0.25, -0.2) is 4.98 Å². The molecule has 4 aromatic rings. The van der Waals surface area contributed by atoms with Gasteiger partial charge in [0.25, 0.3) is 5.56 Å². The molecule has 1 aliphatic rings. The Balaban J connectivity index is 1.48. The first-order valence-corrected chi connectivity index (χ1v) is 12.0. The number of nitrogens with zero attached hydrogens (tertiary/aromatic N) is 2. The highest BCUT2D eigenvalue weighted by atomic mass is 35.5. The fraction of sp³-hybridized carbons (Fsp3) is 0.217. The second kappa shape index (κ2) is 8.46. The van der Waals surface area contributed by atoms with Crippen LogP contribution in [0.5, 0.6) is 5.75 Å². The van der Waals surface area contributed by atoms with Crippen molar-refractivity contribution >= 4 is 44.9 Å². The van der Waals surface area contributed by atoms with Gasteiger partial charge >= 0.3 is 0 Å². The van der Waals surface area contributed by atoms with Crippen LogP contribution in [0.1, 0.15) is 16.9 Å². The zero-order valence-electron chi connectivity index (χ0n) is 16.1. The van der Waals surface area contributed by atoms with Crippen LogP contribution in [0.4, 0.5) is 0 Å². The summed E-state index contributed by atoms with van der Waals surface area (Å²) in [6.45, 7) is 0.470. The zero-order valence-corrected chi connectivity index (χ0v) is 18.5. The van der Waals surface area contributed by atoms with Crippen molar-refractivity contribution in [3.8, 4) is 11.4 Å². The van der Waals surface area contributed by atoms with E-state index in [0.717, 1.165) is 35.2 Å². The van der Waals surface area contributed by atoms with Crippen LogP contribution in [0.15, 0.2) is 64.5 Å². The molecule has 0 N–H and O–H groups in total. The Hall–Kier alpha value is -2.28. The summed E-state index contributed by atoms with van der Waals surface area (Å²) in [5.41, 5.74) is 2.07. The molecule has 2 aromatic heterocycles. The normalized spacial score (nSPS) is 13.0. The lowest BCUT2D eigenvalue weighted by Crippen LogP contribution is -2.22. The smallest absolute Gasteiger partial charge is 0.267 e. The van der Waals surface area contributed by atoms with Gasteiger partial charge in [0, 0.05) is 10.6 Å². The van der Waals surface area contributed by atoms with Crippen LogP contribution in [0.2, 0.25) is 5.02 Å². The molecular weight excluding hydrogens is 436 g/mol. The van der Waals surface area contributed by atoms with Gasteiger partial charge in [-0.05, 0) is 49.1 Å². The molecule has 2 heterocycles. The van der Waals surface area contributed by atoms with Crippen LogP contribution in [-0.2, 0) is 12.8 Å². The van der Waals surface area contributed by atoms with Gasteiger partial charge in [0.2, 0.25) is 0 Å². The van der Waals surface area contributed by atoms with E-state index in [9.17, 15) is 4.79 Å². The van der Waals surface area contributed by atoms with E-state index < -0.39 is 0 Å². The summed E-state index contributed by atoms with van der Waals surface area (Å²) in [6, 6.07) is 17.2. The molecule has 2 aromatic carbocycles. The maximum Gasteiger partial charge on any atom is 0.267 e. The molecule has 0 saturated carbocycles. The van der Waals surface area contributed by atoms with E-state index >= 15 is 0 Å². The number of fused-ring (bicyclic) bond motifs is 3. The molecule has 0 fully saturated rings. The summed E-state index contributed by atoms with van der Waals surface area (Å²) in [7, 11) is 0. The minimum absolute atomic E-state index is 0.0279. The standard InChI is InChI=1S/C23H19ClN2O2S2/c24-17-10-4-5-11-18(17)28-13-14-29-23-25-21-20(16-9-6-12-19(16)30-21)22(27)26(23)15-7-2-1-3-8-15/h1-5,7-8,10-11H,6,9,12-14H2. The van der Waals surface area contributed by atoms with Crippen LogP contribution in [0.3, 0.4) is 0 Å². The van der Waals surface area contributed by atoms with E-state index in [1.54, 1.807) is 15.9 Å². The van der Waals surface area contributed by atoms with Crippen LogP contribution in [0, 0.1) is 0 Å². The number of thiophene rings is 1. The fourth-order valence-electron chi connectivity index (χ4n) is 3.77. The molecule has 0 unspecified atom stereocenters. The Labute approximate surface area is 187 Å². The highest BCUT2D eigenvalue weighted by molar-refractivity contribution is 7.99. The molecule has 0 aliphatic heterocycles. The van der Waals surface area contributed by atoms with Crippen LogP contribution < -0.4 is 10.3 Å². The third-order valence-electron chi connectivity index (χ3n) is 5.13. The molecule has 0 radical (unpaired) electrons. The molecule has 30 heavy (non-hydrogen) atoms. The van der Waals surface area contributed by atoms with Gasteiger partial charge in [-0.3, -0.25) is 9.36 Å². The Morgan fingerprint density at radius 3 is 2.73 bits per heavy atom. The van der Waals surface area contributed by atoms with Gasteiger partial charge in [-0.15, -0.1) is 11.3 Å². The molecule has 1 aliphatic carbocycles. The van der Waals surface area contributed by atoms with E-state index in [1.807, 2.05) is 54.6 Å². The van der Waals surface area contributed by atoms with Gasteiger partial charge in [-0.1, -0.05) is 53.7 Å². The van der Waals surface area contributed by atoms with Gasteiger partial charge in [0.15, 0.2) is 5.16 Å². The number of thioether (sulfide) groups is 1. The number of halogens is 1. The maximum atomic E-state index is 13.5. The number of aromatic nitrogens is 2. The first-order chi connectivity index (χ1) is 14.7. The Morgan fingerprint density at radius 2 is 1.90 bits per heavy atom. The Morgan fingerprint density at radius 1 is 1.10 bits per heavy atom. The second-order valence-corrected chi connectivity index (χ2v) is 9.59. The van der Waals surface area contributed by atoms with Gasteiger partial charge in [0.05, 0.1) is 22.7 Å². The van der Waals surface area contributed by atoms with Crippen molar-refractivity contribution in [2.45, 2.75) is 24.4 Å². The Bertz CT molecular complexity index is 1270. The van der Waals surface area contributed by atoms with Crippen LogP contribution in [-0.4, -0.2) is 21.9 Å². The van der Waals surface area contributed by atoms with Crippen LogP contribution in [0.25, 0.3) is 15.9 Å². The van der Waals surface area contributed by atoms with E-state index in [1.165, 1.54) is 22.2 Å². The second-order valence-electron chi connectivity index (χ2n) is 7.04. The molecule has 0 atom stereocenters. The molecule has 0 spiro atoms. The lowest BCUT2D eigenvalue weighted by Gasteiger charge is -2.13. The number of hydrogen-bond donors (Lipinski definition) is 0. The average Bonchev–Trinajstić information content (AvgIpc) is 3.34. The van der Waals surface area contributed by atoms with Crippen molar-refractivity contribution in [3.05, 3.63) is 80.4 Å². The summed E-state index contributed by atoms with van der Waals surface area (Å²) in [5.74, 6) is 1.32. The van der Waals surface area contributed by atoms with E-state index in [-0.39, 0.29) is 5.56 Å². The predicted molar refractivity (Wildman–Crippen MR) is 125 cm³/mol. The topological polar surface area (TPSA) is 44.1 Å². The number of benzene rings is 2. The summed E-state index contributed by atoms with van der Waals surface area (Å²) in [5, 5.41) is 2.09. The van der Waals surface area contributed by atoms with E-state index in [2.05, 4.69) is 0 Å². The molecule has 152 valence electrons. The molecule has 0 bridgehead atoms. The summed E-state index contributed by atoms with van der Waals surface area (Å²) in [4.78, 5) is 20.6. The average molecular weight is 455 g/mol. The summed E-state index contributed by atoms with van der Waals surface area (Å²) < 4.78 is 7.55. The summed E-state index contributed by atoms with van der Waals surface area (Å²) in [6.07, 6.45) is 3.15. The minimum Gasteiger partial charge on any atom is -0.491 e. The lowest BCUT2D eigenvalue weighted by atomic mass is 10.2. The molecule has 0 saturated heterocycles. The van der Waals surface area contributed by atoms with Crippen molar-refractivity contribution in [1.29, 1.82) is 0 Å². The highest BCUT2D eigenvalue weighted by Crippen LogP contribution is 2.36. The van der Waals surface area contributed by atoms with Crippen molar-refractivity contribution in [2.24, 2.45) is 0 Å². The number of rotatable bonds is 6. The van der Waals surface area contributed by atoms with Gasteiger partial charge in [-0.2, -0.15) is 0 Å². The lowest BCUT2D eigenvalue weighted by molar-refractivity contribution is 0.344. The summed E-state index contributed by atoms with van der Waals surface area (Å²) >= 11 is 9.36. The van der Waals surface area contributed by atoms with Crippen LogP contribution >= 0.6 is 34.7 Å². The zero-order chi connectivity index (χ0) is 20.5. The van der Waals surface area contributed by atoms with Crippen molar-refractivity contribution in [2.75, 3.05) is 12.4 Å². The minimum atomic E-state index is 0.0279. The van der Waals surface area contributed by atoms with Gasteiger partial charge < -0.3 is 4.74 Å². The molecular formula is C23H19ClN2O2S2. The molecule has 7 heteroatoms. The number of ether oxygens (including phenoxy) is 1. The third kappa shape index (κ3) is 3.64. The first kappa shape index (κ1) is 19.7. The van der Waals surface area contributed by atoms with E-state index in [4.69, 9.17) is 21.3 Å². The van der Waals surface area contributed by atoms with Gasteiger partial charge in [0.1, 0.15) is 10.6 Å². The fourth-order valence-corrected chi connectivity index (χ4v) is 6.10. The molecule has 0 amide bonds. The Kier molecular flexibility index (Phi) is 5.54. The number of aryl methyl sites for hydroxylation is 2. The highest BCUT2D eigenvalue weighted by Gasteiger charge is 2.23.